The van der Waals surface area contributed by atoms with Crippen LogP contribution in [0.3, 0.4) is 0 Å². The monoisotopic (exact) mass is 477 g/mol. The highest BCUT2D eigenvalue weighted by molar-refractivity contribution is 7.87. The molecule has 4 rings (SSSR count). The lowest BCUT2D eigenvalue weighted by atomic mass is 10.1. The van der Waals surface area contributed by atoms with Gasteiger partial charge < -0.3 is 10.4 Å². The summed E-state index contributed by atoms with van der Waals surface area (Å²) in [6.45, 7) is 2.64. The number of hydrogen-bond acceptors (Lipinski definition) is 9. The molecule has 0 radical (unpaired) electrons. The first-order valence-electron chi connectivity index (χ1n) is 10.5. The van der Waals surface area contributed by atoms with Gasteiger partial charge in [-0.2, -0.15) is 18.6 Å². The molecule has 9 nitrogen and oxygen atoms in total. The lowest BCUT2D eigenvalue weighted by molar-refractivity contribution is 0.397. The summed E-state index contributed by atoms with van der Waals surface area (Å²) in [5.41, 5.74) is 1.73. The zero-order valence-electron chi connectivity index (χ0n) is 18.8. The lowest BCUT2D eigenvalue weighted by Crippen LogP contribution is -2.03. The molecule has 2 N–H and O–H groups in total. The van der Waals surface area contributed by atoms with Crippen molar-refractivity contribution in [1.29, 1.82) is 0 Å². The zero-order valence-corrected chi connectivity index (χ0v) is 19.7. The van der Waals surface area contributed by atoms with E-state index in [4.69, 9.17) is 4.18 Å². The molecule has 4 aromatic rings. The smallest absolute Gasteiger partial charge is 0.299 e. The van der Waals surface area contributed by atoms with Crippen LogP contribution in [0.2, 0.25) is 0 Å². The molecule has 0 aromatic heterocycles. The Kier molecular flexibility index (Phi) is 6.53. The third kappa shape index (κ3) is 4.33. The maximum absolute atomic E-state index is 12.7. The highest BCUT2D eigenvalue weighted by Gasteiger charge is 2.24. The average Bonchev–Trinajstić information content (AvgIpc) is 2.85. The molecule has 0 aliphatic carbocycles. The van der Waals surface area contributed by atoms with Gasteiger partial charge in [0.1, 0.15) is 10.6 Å². The van der Waals surface area contributed by atoms with E-state index >= 15 is 0 Å². The molecular weight excluding hydrogens is 454 g/mol. The van der Waals surface area contributed by atoms with Crippen molar-refractivity contribution in [2.45, 2.75) is 11.8 Å². The molecule has 0 spiro atoms. The van der Waals surface area contributed by atoms with Crippen LogP contribution in [0.4, 0.5) is 22.7 Å². The number of phenolic OH excluding ortho intramolecular Hbond substituents is 1. The molecule has 0 unspecified atom stereocenters. The van der Waals surface area contributed by atoms with Crippen LogP contribution in [0.5, 0.6) is 5.75 Å². The second-order valence-corrected chi connectivity index (χ2v) is 8.99. The number of azo groups is 2. The summed E-state index contributed by atoms with van der Waals surface area (Å²) >= 11 is 0. The van der Waals surface area contributed by atoms with Gasteiger partial charge in [0.05, 0.1) is 18.5 Å². The molecule has 10 heteroatoms. The molecular formula is C24H23N5O4S. The fourth-order valence-electron chi connectivity index (χ4n) is 3.69. The van der Waals surface area contributed by atoms with Crippen molar-refractivity contribution >= 4 is 54.4 Å². The molecule has 0 atom stereocenters. The Hall–Kier alpha value is -3.89. The quantitative estimate of drug-likeness (QED) is 0.229. The maximum Gasteiger partial charge on any atom is 0.299 e. The highest BCUT2D eigenvalue weighted by Crippen LogP contribution is 2.43. The molecule has 0 saturated heterocycles. The minimum atomic E-state index is -4.18. The number of anilines is 1. The topological polar surface area (TPSA) is 125 Å². The minimum absolute atomic E-state index is 0.204. The van der Waals surface area contributed by atoms with Crippen LogP contribution >= 0.6 is 0 Å². The second kappa shape index (κ2) is 9.54. The second-order valence-electron chi connectivity index (χ2n) is 7.31. The number of benzene rings is 4. The van der Waals surface area contributed by atoms with Crippen LogP contribution in [-0.2, 0) is 14.3 Å². The Labute approximate surface area is 196 Å². The molecule has 4 aromatic carbocycles. The summed E-state index contributed by atoms with van der Waals surface area (Å²) < 4.78 is 30.0. The Morgan fingerprint density at radius 1 is 0.912 bits per heavy atom. The van der Waals surface area contributed by atoms with Crippen LogP contribution in [0.15, 0.2) is 86.0 Å². The first-order chi connectivity index (χ1) is 16.4. The molecule has 0 heterocycles. The van der Waals surface area contributed by atoms with Gasteiger partial charge in [-0.05, 0) is 42.6 Å². The number of nitrogens with one attached hydrogen (secondary N) is 1. The van der Waals surface area contributed by atoms with Crippen molar-refractivity contribution in [3.8, 4) is 5.75 Å². The van der Waals surface area contributed by atoms with Gasteiger partial charge in [0.2, 0.25) is 0 Å². The fourth-order valence-corrected chi connectivity index (χ4v) is 4.51. The Morgan fingerprint density at radius 2 is 1.59 bits per heavy atom. The lowest BCUT2D eigenvalue weighted by Gasteiger charge is -2.12. The molecule has 0 fully saturated rings. The maximum atomic E-state index is 12.7. The Morgan fingerprint density at radius 3 is 2.21 bits per heavy atom. The standard InChI is InChI=1S/C24H23N5O4S/c1-4-26-16-10-9-15-13-22(34(31,32)33-3)23(24(30)19(15)14-16)29-28-21-12-11-20(27-25-2)17-7-5-6-8-18(17)21/h5-14,26,30H,4H2,1-3H3. The van der Waals surface area contributed by atoms with E-state index in [1.54, 1.807) is 37.4 Å². The van der Waals surface area contributed by atoms with E-state index in [-0.39, 0.29) is 16.3 Å². The molecule has 0 saturated carbocycles. The summed E-state index contributed by atoms with van der Waals surface area (Å²) in [6, 6.07) is 17.6. The van der Waals surface area contributed by atoms with Gasteiger partial charge in [0, 0.05) is 35.4 Å². The van der Waals surface area contributed by atoms with Gasteiger partial charge in [-0.25, -0.2) is 0 Å². The van der Waals surface area contributed by atoms with Crippen molar-refractivity contribution in [2.75, 3.05) is 26.0 Å². The van der Waals surface area contributed by atoms with Gasteiger partial charge in [-0.1, -0.05) is 30.3 Å². The summed E-state index contributed by atoms with van der Waals surface area (Å²) in [7, 11) is -1.54. The van der Waals surface area contributed by atoms with Crippen molar-refractivity contribution in [1.82, 2.24) is 0 Å². The molecule has 174 valence electrons. The van der Waals surface area contributed by atoms with E-state index in [1.807, 2.05) is 31.2 Å². The van der Waals surface area contributed by atoms with Crippen molar-refractivity contribution in [2.24, 2.45) is 20.5 Å². The third-order valence-corrected chi connectivity index (χ3v) is 6.55. The van der Waals surface area contributed by atoms with Crippen molar-refractivity contribution in [3.63, 3.8) is 0 Å². The molecule has 0 bridgehead atoms. The van der Waals surface area contributed by atoms with E-state index in [0.29, 0.717) is 28.7 Å². The van der Waals surface area contributed by atoms with Crippen molar-refractivity contribution in [3.05, 3.63) is 60.7 Å². The average molecular weight is 478 g/mol. The first kappa shape index (κ1) is 23.3. The molecule has 0 aliphatic heterocycles. The predicted octanol–water partition coefficient (Wildman–Crippen LogP) is 6.59. The Bertz CT molecular complexity index is 1550. The number of aromatic hydroxyl groups is 1. The minimum Gasteiger partial charge on any atom is -0.505 e. The number of nitrogens with zero attached hydrogens (tertiary/aromatic N) is 4. The summed E-state index contributed by atoms with van der Waals surface area (Å²) in [5, 5.41) is 33.2. The number of phenols is 1. The summed E-state index contributed by atoms with van der Waals surface area (Å²) in [6.07, 6.45) is 0. The van der Waals surface area contributed by atoms with E-state index < -0.39 is 10.1 Å². The predicted molar refractivity (Wildman–Crippen MR) is 133 cm³/mol. The SMILES string of the molecule is CCNc1ccc2cc(S(=O)(=O)OC)c(N=Nc3ccc(N=NC)c4ccccc34)c(O)c2c1. The summed E-state index contributed by atoms with van der Waals surface area (Å²) in [4.78, 5) is -0.277. The number of fused-ring (bicyclic) bond motifs is 2. The van der Waals surface area contributed by atoms with E-state index in [9.17, 15) is 13.5 Å². The highest BCUT2D eigenvalue weighted by atomic mass is 32.2. The normalized spacial score (nSPS) is 12.3. The molecule has 0 amide bonds. The number of rotatable bonds is 7. The van der Waals surface area contributed by atoms with Gasteiger partial charge in [0.25, 0.3) is 10.1 Å². The van der Waals surface area contributed by atoms with Crippen LogP contribution in [0.1, 0.15) is 6.92 Å². The van der Waals surface area contributed by atoms with E-state index in [1.165, 1.54) is 6.07 Å². The van der Waals surface area contributed by atoms with Gasteiger partial charge in [0.15, 0.2) is 5.75 Å². The van der Waals surface area contributed by atoms with Gasteiger partial charge >= 0.3 is 0 Å². The third-order valence-electron chi connectivity index (χ3n) is 5.27. The first-order valence-corrected chi connectivity index (χ1v) is 11.9. The van der Waals surface area contributed by atoms with E-state index in [0.717, 1.165) is 23.6 Å². The number of hydrogen-bond donors (Lipinski definition) is 2. The fraction of sp³-hybridized carbons (Fsp3) is 0.167. The van der Waals surface area contributed by atoms with Crippen LogP contribution in [-0.4, -0.2) is 34.2 Å². The molecule has 0 aliphatic rings. The summed E-state index contributed by atoms with van der Waals surface area (Å²) in [5.74, 6) is -0.308. The van der Waals surface area contributed by atoms with Crippen molar-refractivity contribution < 1.29 is 17.7 Å². The van der Waals surface area contributed by atoms with E-state index in [2.05, 4.69) is 25.8 Å². The van der Waals surface area contributed by atoms with Crippen LogP contribution in [0.25, 0.3) is 21.5 Å². The van der Waals surface area contributed by atoms with Gasteiger partial charge in [-0.3, -0.25) is 4.18 Å². The largest absolute Gasteiger partial charge is 0.505 e. The van der Waals surface area contributed by atoms with Gasteiger partial charge in [-0.15, -0.1) is 10.2 Å². The zero-order chi connectivity index (χ0) is 24.3. The molecule has 34 heavy (non-hydrogen) atoms. The van der Waals surface area contributed by atoms with Crippen LogP contribution in [0, 0.1) is 0 Å². The Balaban J connectivity index is 1.94. The van der Waals surface area contributed by atoms with Crippen LogP contribution < -0.4 is 5.32 Å².